The van der Waals surface area contributed by atoms with Crippen LogP contribution >= 0.6 is 0 Å². The van der Waals surface area contributed by atoms with Crippen molar-refractivity contribution in [3.8, 4) is 0 Å². The van der Waals surface area contributed by atoms with E-state index in [0.29, 0.717) is 18.4 Å². The molecule has 4 rings (SSSR count). The number of nitrogens with zero attached hydrogens (tertiary/aromatic N) is 4. The monoisotopic (exact) mass is 346 g/mol. The number of hydrogen-bond acceptors (Lipinski definition) is 5. The summed E-state index contributed by atoms with van der Waals surface area (Å²) in [7, 11) is 0. The summed E-state index contributed by atoms with van der Waals surface area (Å²) in [5.41, 5.74) is -0.161. The van der Waals surface area contributed by atoms with Gasteiger partial charge in [0.1, 0.15) is 0 Å². The van der Waals surface area contributed by atoms with E-state index >= 15 is 0 Å². The fourth-order valence-electron chi connectivity index (χ4n) is 4.98. The molecule has 0 N–H and O–H groups in total. The molecule has 2 aliphatic heterocycles. The van der Waals surface area contributed by atoms with Gasteiger partial charge in [0.2, 0.25) is 11.8 Å². The summed E-state index contributed by atoms with van der Waals surface area (Å²) < 4.78 is 5.50. The minimum absolute atomic E-state index is 0.161. The molecule has 1 aromatic heterocycles. The van der Waals surface area contributed by atoms with E-state index in [4.69, 9.17) is 4.52 Å². The summed E-state index contributed by atoms with van der Waals surface area (Å²) in [6, 6.07) is 0. The maximum absolute atomic E-state index is 13.0. The third-order valence-corrected chi connectivity index (χ3v) is 6.30. The second-order valence-corrected chi connectivity index (χ2v) is 8.17. The number of amides is 1. The first-order valence-electron chi connectivity index (χ1n) is 10.0. The molecule has 25 heavy (non-hydrogen) atoms. The normalized spacial score (nSPS) is 28.5. The fourth-order valence-corrected chi connectivity index (χ4v) is 4.98. The number of carbonyl (C=O) groups is 1. The lowest BCUT2D eigenvalue weighted by atomic mass is 9.78. The standard InChI is InChI=1S/C19H30N4O2/c1-2-10-23-11-5-8-19(18(23)24)9-12-22(14-19)13-16-20-17(25-21-16)15-6-3-4-7-15/h15H,2-14H2,1H3/t19-/m0/s1. The molecule has 1 aromatic rings. The zero-order valence-electron chi connectivity index (χ0n) is 15.4. The zero-order chi connectivity index (χ0) is 17.3. The lowest BCUT2D eigenvalue weighted by Gasteiger charge is -2.39. The van der Waals surface area contributed by atoms with E-state index in [9.17, 15) is 4.79 Å². The molecule has 1 atom stereocenters. The second-order valence-electron chi connectivity index (χ2n) is 8.17. The third-order valence-electron chi connectivity index (χ3n) is 6.30. The largest absolute Gasteiger partial charge is 0.342 e. The first-order chi connectivity index (χ1) is 12.2. The van der Waals surface area contributed by atoms with Gasteiger partial charge < -0.3 is 9.42 Å². The predicted molar refractivity (Wildman–Crippen MR) is 93.9 cm³/mol. The molecule has 0 aromatic carbocycles. The Labute approximate surface area is 149 Å². The quantitative estimate of drug-likeness (QED) is 0.820. The number of aromatic nitrogens is 2. The molecule has 3 heterocycles. The van der Waals surface area contributed by atoms with Crippen LogP contribution in [0.25, 0.3) is 0 Å². The van der Waals surface area contributed by atoms with Gasteiger partial charge in [0.15, 0.2) is 5.82 Å². The van der Waals surface area contributed by atoms with Crippen molar-refractivity contribution in [2.45, 2.75) is 70.8 Å². The molecule has 0 radical (unpaired) electrons. The zero-order valence-corrected chi connectivity index (χ0v) is 15.4. The number of likely N-dealkylation sites (tertiary alicyclic amines) is 2. The van der Waals surface area contributed by atoms with E-state index in [1.165, 1.54) is 25.7 Å². The van der Waals surface area contributed by atoms with Gasteiger partial charge in [0.25, 0.3) is 0 Å². The summed E-state index contributed by atoms with van der Waals surface area (Å²) in [4.78, 5) is 22.0. The van der Waals surface area contributed by atoms with Gasteiger partial charge in [-0.05, 0) is 45.1 Å². The molecular formula is C19H30N4O2. The second kappa shape index (κ2) is 7.06. The van der Waals surface area contributed by atoms with E-state index in [1.807, 2.05) is 0 Å². The van der Waals surface area contributed by atoms with Crippen molar-refractivity contribution in [2.24, 2.45) is 5.41 Å². The molecule has 2 saturated heterocycles. The smallest absolute Gasteiger partial charge is 0.230 e. The first-order valence-corrected chi connectivity index (χ1v) is 10.0. The number of hydrogen-bond donors (Lipinski definition) is 0. The molecule has 6 heteroatoms. The molecule has 0 bridgehead atoms. The van der Waals surface area contributed by atoms with Crippen molar-refractivity contribution < 1.29 is 9.32 Å². The SMILES string of the molecule is CCCN1CCC[C@@]2(CCN(Cc3noc(C4CCCC4)n3)C2)C1=O. The molecule has 1 amide bonds. The van der Waals surface area contributed by atoms with Crippen molar-refractivity contribution in [1.82, 2.24) is 19.9 Å². The summed E-state index contributed by atoms with van der Waals surface area (Å²) in [5, 5.41) is 4.20. The molecule has 138 valence electrons. The Hall–Kier alpha value is -1.43. The highest BCUT2D eigenvalue weighted by atomic mass is 16.5. The van der Waals surface area contributed by atoms with Crippen LogP contribution in [-0.2, 0) is 11.3 Å². The van der Waals surface area contributed by atoms with E-state index in [1.54, 1.807) is 0 Å². The maximum atomic E-state index is 13.0. The van der Waals surface area contributed by atoms with Gasteiger partial charge in [-0.2, -0.15) is 4.98 Å². The Bertz CT molecular complexity index is 608. The average molecular weight is 346 g/mol. The Kier molecular flexibility index (Phi) is 4.80. The highest BCUT2D eigenvalue weighted by molar-refractivity contribution is 5.84. The third kappa shape index (κ3) is 3.33. The predicted octanol–water partition coefficient (Wildman–Crippen LogP) is 2.95. The van der Waals surface area contributed by atoms with Crippen LogP contribution in [0.15, 0.2) is 4.52 Å². The molecule has 1 saturated carbocycles. The van der Waals surface area contributed by atoms with Crippen molar-refractivity contribution in [1.29, 1.82) is 0 Å². The average Bonchev–Trinajstić information content (AvgIpc) is 3.34. The minimum atomic E-state index is -0.161. The number of rotatable bonds is 5. The van der Waals surface area contributed by atoms with Crippen molar-refractivity contribution in [2.75, 3.05) is 26.2 Å². The van der Waals surface area contributed by atoms with Crippen LogP contribution < -0.4 is 0 Å². The first kappa shape index (κ1) is 17.0. The van der Waals surface area contributed by atoms with Gasteiger partial charge in [-0.1, -0.05) is 24.9 Å². The Morgan fingerprint density at radius 3 is 2.84 bits per heavy atom. The molecule has 1 aliphatic carbocycles. The van der Waals surface area contributed by atoms with Gasteiger partial charge in [0.05, 0.1) is 12.0 Å². The van der Waals surface area contributed by atoms with Gasteiger partial charge in [-0.25, -0.2) is 0 Å². The molecule has 6 nitrogen and oxygen atoms in total. The number of piperidine rings is 1. The van der Waals surface area contributed by atoms with Crippen molar-refractivity contribution >= 4 is 5.91 Å². The summed E-state index contributed by atoms with van der Waals surface area (Å²) in [5.74, 6) is 2.45. The van der Waals surface area contributed by atoms with Gasteiger partial charge in [-0.3, -0.25) is 9.69 Å². The summed E-state index contributed by atoms with van der Waals surface area (Å²) in [6.07, 6.45) is 9.07. The molecule has 0 unspecified atom stereocenters. The Morgan fingerprint density at radius 1 is 1.20 bits per heavy atom. The minimum Gasteiger partial charge on any atom is -0.342 e. The van der Waals surface area contributed by atoms with E-state index < -0.39 is 0 Å². The van der Waals surface area contributed by atoms with Crippen LogP contribution in [0.3, 0.4) is 0 Å². The van der Waals surface area contributed by atoms with Crippen molar-refractivity contribution in [3.05, 3.63) is 11.7 Å². The lowest BCUT2D eigenvalue weighted by molar-refractivity contribution is -0.145. The Balaban J connectivity index is 1.38. The van der Waals surface area contributed by atoms with Gasteiger partial charge in [0, 0.05) is 25.6 Å². The van der Waals surface area contributed by atoms with Gasteiger partial charge in [-0.15, -0.1) is 0 Å². The molecule has 3 fully saturated rings. The van der Waals surface area contributed by atoms with Crippen LogP contribution in [-0.4, -0.2) is 52.0 Å². The van der Waals surface area contributed by atoms with E-state index in [0.717, 1.165) is 63.6 Å². The van der Waals surface area contributed by atoms with Crippen LogP contribution in [0.4, 0.5) is 0 Å². The maximum Gasteiger partial charge on any atom is 0.230 e. The summed E-state index contributed by atoms with van der Waals surface area (Å²) >= 11 is 0. The molecule has 3 aliphatic rings. The van der Waals surface area contributed by atoms with Crippen LogP contribution in [0, 0.1) is 5.41 Å². The summed E-state index contributed by atoms with van der Waals surface area (Å²) in [6.45, 7) is 6.49. The Morgan fingerprint density at radius 2 is 2.04 bits per heavy atom. The van der Waals surface area contributed by atoms with E-state index in [2.05, 4.69) is 26.9 Å². The van der Waals surface area contributed by atoms with Gasteiger partial charge >= 0.3 is 0 Å². The van der Waals surface area contributed by atoms with Crippen molar-refractivity contribution in [3.63, 3.8) is 0 Å². The van der Waals surface area contributed by atoms with E-state index in [-0.39, 0.29) is 5.41 Å². The molecular weight excluding hydrogens is 316 g/mol. The highest BCUT2D eigenvalue weighted by Crippen LogP contribution is 2.40. The van der Waals surface area contributed by atoms with Crippen LogP contribution in [0.2, 0.25) is 0 Å². The van der Waals surface area contributed by atoms with Crippen LogP contribution in [0.5, 0.6) is 0 Å². The molecule has 1 spiro atoms. The topological polar surface area (TPSA) is 62.5 Å². The fraction of sp³-hybridized carbons (Fsp3) is 0.842. The van der Waals surface area contributed by atoms with Crippen LogP contribution in [0.1, 0.15) is 75.9 Å². The lowest BCUT2D eigenvalue weighted by Crippen LogP contribution is -2.50. The number of carbonyl (C=O) groups excluding carboxylic acids is 1. The highest BCUT2D eigenvalue weighted by Gasteiger charge is 2.48.